The second kappa shape index (κ2) is 5.72. The summed E-state index contributed by atoms with van der Waals surface area (Å²) in [5, 5.41) is 9.46. The summed E-state index contributed by atoms with van der Waals surface area (Å²) < 4.78 is 36.7. The van der Waals surface area contributed by atoms with Crippen molar-refractivity contribution < 1.29 is 27.9 Å². The summed E-state index contributed by atoms with van der Waals surface area (Å²) in [5.74, 6) is -1.15. The van der Waals surface area contributed by atoms with Gasteiger partial charge >= 0.3 is 6.18 Å². The third-order valence-electron chi connectivity index (χ3n) is 3.79. The summed E-state index contributed by atoms with van der Waals surface area (Å²) in [6.45, 7) is 0.943. The van der Waals surface area contributed by atoms with E-state index in [1.807, 2.05) is 0 Å². The molecule has 1 saturated heterocycles. The Kier molecular flexibility index (Phi) is 4.28. The highest BCUT2D eigenvalue weighted by Gasteiger charge is 2.50. The predicted octanol–water partition coefficient (Wildman–Crippen LogP) is 2.02. The van der Waals surface area contributed by atoms with Crippen molar-refractivity contribution in [2.75, 3.05) is 6.54 Å². The van der Waals surface area contributed by atoms with Crippen LogP contribution in [0.5, 0.6) is 0 Å². The molecule has 1 aromatic rings. The first-order valence-corrected chi connectivity index (χ1v) is 6.78. The van der Waals surface area contributed by atoms with Gasteiger partial charge in [-0.15, -0.1) is 0 Å². The van der Waals surface area contributed by atoms with E-state index in [1.54, 1.807) is 37.3 Å². The van der Waals surface area contributed by atoms with Gasteiger partial charge in [-0.3, -0.25) is 14.5 Å². The van der Waals surface area contributed by atoms with Crippen LogP contribution in [0.1, 0.15) is 25.3 Å². The number of aliphatic hydroxyl groups is 1. The van der Waals surface area contributed by atoms with Gasteiger partial charge in [0.2, 0.25) is 11.8 Å². The smallest absolute Gasteiger partial charge is 0.391 e. The molecule has 22 heavy (non-hydrogen) atoms. The molecule has 0 bridgehead atoms. The van der Waals surface area contributed by atoms with Crippen LogP contribution in [0.2, 0.25) is 0 Å². The Bertz CT molecular complexity index is 573. The lowest BCUT2D eigenvalue weighted by molar-refractivity contribution is -0.160. The number of aliphatic hydroxyl groups excluding tert-OH is 1. The van der Waals surface area contributed by atoms with Crippen molar-refractivity contribution in [3.63, 3.8) is 0 Å². The van der Waals surface area contributed by atoms with E-state index >= 15 is 0 Å². The number of alkyl halides is 3. The quantitative estimate of drug-likeness (QED) is 0.865. The van der Waals surface area contributed by atoms with Crippen molar-refractivity contribution in [3.05, 3.63) is 35.9 Å². The molecule has 0 radical (unpaired) electrons. The molecule has 1 aliphatic heterocycles. The van der Waals surface area contributed by atoms with Crippen LogP contribution in [0, 0.1) is 0 Å². The van der Waals surface area contributed by atoms with E-state index in [9.17, 15) is 27.9 Å². The van der Waals surface area contributed by atoms with E-state index < -0.39 is 42.5 Å². The molecule has 0 saturated carbocycles. The van der Waals surface area contributed by atoms with E-state index in [-0.39, 0.29) is 6.42 Å². The van der Waals surface area contributed by atoms with Gasteiger partial charge in [0, 0.05) is 6.42 Å². The summed E-state index contributed by atoms with van der Waals surface area (Å²) in [5.41, 5.74) is -0.475. The Morgan fingerprint density at radius 3 is 2.41 bits per heavy atom. The number of benzene rings is 1. The number of β-amino-alcohol motifs (C(OH)–C–C–N with tert-alkyl or cyclic N) is 1. The molecule has 1 aromatic carbocycles. The second-order valence-corrected chi connectivity index (χ2v) is 5.66. The molecule has 1 fully saturated rings. The number of rotatable bonds is 4. The monoisotopic (exact) mass is 315 g/mol. The Balaban J connectivity index is 2.16. The fourth-order valence-electron chi connectivity index (χ4n) is 2.64. The molecule has 1 N–H and O–H groups in total. The topological polar surface area (TPSA) is 57.6 Å². The lowest BCUT2D eigenvalue weighted by atomic mass is 9.81. The van der Waals surface area contributed by atoms with Crippen molar-refractivity contribution in [1.29, 1.82) is 0 Å². The number of carbonyl (C=O) groups is 2. The molecule has 0 aliphatic carbocycles. The van der Waals surface area contributed by atoms with Crippen molar-refractivity contribution in [2.24, 2.45) is 0 Å². The Morgan fingerprint density at radius 1 is 1.27 bits per heavy atom. The minimum atomic E-state index is -4.55. The number of likely N-dealkylation sites (tertiary alicyclic amines) is 1. The molecule has 4 nitrogen and oxygen atoms in total. The van der Waals surface area contributed by atoms with E-state index in [0.717, 1.165) is 4.90 Å². The summed E-state index contributed by atoms with van der Waals surface area (Å²) in [7, 11) is 0. The molecule has 0 aromatic heterocycles. The third-order valence-corrected chi connectivity index (χ3v) is 3.79. The van der Waals surface area contributed by atoms with Gasteiger partial charge in [-0.1, -0.05) is 30.3 Å². The van der Waals surface area contributed by atoms with Crippen LogP contribution in [-0.2, 0) is 15.0 Å². The summed E-state index contributed by atoms with van der Waals surface area (Å²) >= 11 is 0. The fraction of sp³-hybridized carbons (Fsp3) is 0.467. The molecular formula is C15H16F3NO3. The van der Waals surface area contributed by atoms with Crippen molar-refractivity contribution >= 4 is 11.8 Å². The standard InChI is InChI=1S/C15H16F3NO3/c1-14(10-5-3-2-4-6-10)8-12(21)19(13(14)22)9-11(20)7-15(16,17)18/h2-6,11,20H,7-9H2,1H3/t11-,14+/m1/s1. The highest BCUT2D eigenvalue weighted by molar-refractivity contribution is 6.08. The summed E-state index contributed by atoms with van der Waals surface area (Å²) in [6, 6.07) is 8.60. The average Bonchev–Trinajstić information content (AvgIpc) is 2.62. The van der Waals surface area contributed by atoms with Crippen LogP contribution >= 0.6 is 0 Å². The minimum absolute atomic E-state index is 0.116. The van der Waals surface area contributed by atoms with Crippen molar-refractivity contribution in [1.82, 2.24) is 4.90 Å². The number of amides is 2. The predicted molar refractivity (Wildman–Crippen MR) is 71.8 cm³/mol. The number of halogens is 3. The number of imide groups is 1. The molecule has 2 atom stereocenters. The second-order valence-electron chi connectivity index (χ2n) is 5.66. The van der Waals surface area contributed by atoms with Gasteiger partial charge in [0.05, 0.1) is 24.5 Å². The summed E-state index contributed by atoms with van der Waals surface area (Å²) in [6.07, 6.45) is -7.93. The maximum absolute atomic E-state index is 12.5. The molecule has 2 rings (SSSR count). The Labute approximate surface area is 125 Å². The maximum atomic E-state index is 12.5. The highest BCUT2D eigenvalue weighted by Crippen LogP contribution is 2.36. The van der Waals surface area contributed by atoms with E-state index in [0.29, 0.717) is 5.56 Å². The largest absolute Gasteiger partial charge is 0.391 e. The van der Waals surface area contributed by atoms with Crippen LogP contribution in [0.25, 0.3) is 0 Å². The number of hydrogen-bond donors (Lipinski definition) is 1. The first-order valence-electron chi connectivity index (χ1n) is 6.78. The highest BCUT2D eigenvalue weighted by atomic mass is 19.4. The van der Waals surface area contributed by atoms with Crippen molar-refractivity contribution in [3.8, 4) is 0 Å². The van der Waals surface area contributed by atoms with E-state index in [1.165, 1.54) is 0 Å². The van der Waals surface area contributed by atoms with E-state index in [2.05, 4.69) is 0 Å². The number of carbonyl (C=O) groups excluding carboxylic acids is 2. The SMILES string of the molecule is C[C@@]1(c2ccccc2)CC(=O)N(C[C@H](O)CC(F)(F)F)C1=O. The molecule has 1 heterocycles. The third kappa shape index (κ3) is 3.30. The van der Waals surface area contributed by atoms with Gasteiger partial charge in [0.25, 0.3) is 0 Å². The zero-order valence-corrected chi connectivity index (χ0v) is 11.9. The Hall–Kier alpha value is -1.89. The number of nitrogens with zero attached hydrogens (tertiary/aromatic N) is 1. The van der Waals surface area contributed by atoms with Crippen molar-refractivity contribution in [2.45, 2.75) is 37.5 Å². The fourth-order valence-corrected chi connectivity index (χ4v) is 2.64. The van der Waals surface area contributed by atoms with Crippen LogP contribution in [0.4, 0.5) is 13.2 Å². The van der Waals surface area contributed by atoms with Gasteiger partial charge in [-0.05, 0) is 12.5 Å². The first kappa shape index (κ1) is 16.5. The van der Waals surface area contributed by atoms with Crippen LogP contribution < -0.4 is 0 Å². The lowest BCUT2D eigenvalue weighted by Crippen LogP contribution is -2.41. The zero-order valence-electron chi connectivity index (χ0n) is 11.9. The molecule has 120 valence electrons. The zero-order chi connectivity index (χ0) is 16.5. The van der Waals surface area contributed by atoms with Crippen LogP contribution in [0.3, 0.4) is 0 Å². The molecule has 7 heteroatoms. The van der Waals surface area contributed by atoms with Crippen LogP contribution in [0.15, 0.2) is 30.3 Å². The lowest BCUT2D eigenvalue weighted by Gasteiger charge is -2.24. The van der Waals surface area contributed by atoms with Gasteiger partial charge in [-0.2, -0.15) is 13.2 Å². The van der Waals surface area contributed by atoms with Gasteiger partial charge in [-0.25, -0.2) is 0 Å². The minimum Gasteiger partial charge on any atom is -0.391 e. The molecule has 2 amide bonds. The van der Waals surface area contributed by atoms with E-state index in [4.69, 9.17) is 0 Å². The molecule has 0 unspecified atom stereocenters. The Morgan fingerprint density at radius 2 is 1.86 bits per heavy atom. The maximum Gasteiger partial charge on any atom is 0.391 e. The van der Waals surface area contributed by atoms with Crippen LogP contribution in [-0.4, -0.2) is 40.6 Å². The number of hydrogen-bond acceptors (Lipinski definition) is 3. The molecule has 1 aliphatic rings. The van der Waals surface area contributed by atoms with Gasteiger partial charge < -0.3 is 5.11 Å². The van der Waals surface area contributed by atoms with Gasteiger partial charge in [0.15, 0.2) is 0 Å². The van der Waals surface area contributed by atoms with Gasteiger partial charge in [0.1, 0.15) is 0 Å². The summed E-state index contributed by atoms with van der Waals surface area (Å²) in [4.78, 5) is 25.2. The normalized spacial score (nSPS) is 24.0. The first-order chi connectivity index (χ1) is 10.1. The molecule has 0 spiro atoms. The molecular weight excluding hydrogens is 299 g/mol. The average molecular weight is 315 g/mol.